The molecule has 3 heteroatoms. The third-order valence-corrected chi connectivity index (χ3v) is 2.20. The fraction of sp³-hybridized carbons (Fsp3) is 0.833. The summed E-state index contributed by atoms with van der Waals surface area (Å²) < 4.78 is 0. The van der Waals surface area contributed by atoms with Crippen LogP contribution >= 0.6 is 0 Å². The summed E-state index contributed by atoms with van der Waals surface area (Å²) in [6.45, 7) is 6.00. The van der Waals surface area contributed by atoms with Gasteiger partial charge in [-0.3, -0.25) is 4.79 Å². The second-order valence-electron chi connectivity index (χ2n) is 2.58. The summed E-state index contributed by atoms with van der Waals surface area (Å²) in [6.07, 6.45) is 0.958. The second kappa shape index (κ2) is 3.66. The van der Waals surface area contributed by atoms with Crippen LogP contribution in [-0.4, -0.2) is 32.8 Å². The maximum absolute atomic E-state index is 10.6. The largest absolute Gasteiger partial charge is 0.329 e. The van der Waals surface area contributed by atoms with E-state index in [1.165, 1.54) is 0 Å². The van der Waals surface area contributed by atoms with E-state index in [4.69, 9.17) is 0 Å². The molecule has 0 N–H and O–H groups in total. The quantitative estimate of drug-likeness (QED) is 0.524. The number of hydrogen-bond donors (Lipinski definition) is 0. The molecular weight excluding hydrogens is 130 g/mol. The molecule has 0 saturated carbocycles. The Bertz CT molecular complexity index is 103. The Morgan fingerprint density at radius 3 is 2.11 bits per heavy atom. The Hall–Kier alpha value is -0.313. The lowest BCUT2D eigenvalue weighted by Gasteiger charge is -2.08. The average molecular weight is 144 g/mol. The number of hydrogen-bond acceptors (Lipinski definition) is 1. The number of rotatable bonds is 2. The molecule has 0 spiro atoms. The van der Waals surface area contributed by atoms with E-state index >= 15 is 0 Å². The number of amides is 1. The molecule has 0 bridgehead atoms. The molecule has 0 rings (SSSR count). The lowest BCUT2D eigenvalue weighted by atomic mass is 10.6. The fourth-order valence-electron chi connectivity index (χ4n) is 0.586. The lowest BCUT2D eigenvalue weighted by molar-refractivity contribution is -0.126. The van der Waals surface area contributed by atoms with Crippen LogP contribution < -0.4 is 0 Å². The van der Waals surface area contributed by atoms with E-state index in [0.717, 1.165) is 6.17 Å². The summed E-state index contributed by atoms with van der Waals surface area (Å²) in [4.78, 5) is 12.4. The average Bonchev–Trinajstić information content (AvgIpc) is 1.63. The molecule has 1 amide bonds. The van der Waals surface area contributed by atoms with E-state index in [9.17, 15) is 4.79 Å². The lowest BCUT2D eigenvalue weighted by Crippen LogP contribution is -2.31. The van der Waals surface area contributed by atoms with Crippen LogP contribution in [0, 0.1) is 0 Å². The van der Waals surface area contributed by atoms with Crippen molar-refractivity contribution in [1.82, 2.24) is 4.90 Å². The molecule has 0 heterocycles. The maximum Gasteiger partial charge on any atom is 0.329 e. The number of nitrogens with zero attached hydrogens (tertiary/aromatic N) is 1. The molecular formula is C6H14NOSi+. The molecule has 0 aromatic heterocycles. The van der Waals surface area contributed by atoms with E-state index in [-0.39, 0.29) is 14.7 Å². The van der Waals surface area contributed by atoms with Gasteiger partial charge in [0.05, 0.1) is 13.1 Å². The van der Waals surface area contributed by atoms with Gasteiger partial charge in [0, 0.05) is 14.0 Å². The van der Waals surface area contributed by atoms with Gasteiger partial charge < -0.3 is 4.90 Å². The van der Waals surface area contributed by atoms with E-state index in [1.54, 1.807) is 11.8 Å². The van der Waals surface area contributed by atoms with Gasteiger partial charge in [0.1, 0.15) is 6.17 Å². The zero-order valence-corrected chi connectivity index (χ0v) is 7.56. The summed E-state index contributed by atoms with van der Waals surface area (Å²) in [5.74, 6) is 0.168. The molecule has 0 aliphatic carbocycles. The standard InChI is InChI=1S/C6H14NOSi/c1-6(8)7(2)5-9(3)4/h5H2,1-4H3/q+1. The smallest absolute Gasteiger partial charge is 0.319 e. The fourth-order valence-corrected chi connectivity index (χ4v) is 1.76. The SMILES string of the molecule is CC(=O)N(C)C[Si+](C)C. The van der Waals surface area contributed by atoms with Gasteiger partial charge in [-0.1, -0.05) is 0 Å². The van der Waals surface area contributed by atoms with Gasteiger partial charge in [-0.05, 0) is 0 Å². The van der Waals surface area contributed by atoms with Gasteiger partial charge in [-0.2, -0.15) is 0 Å². The van der Waals surface area contributed by atoms with Crippen LogP contribution in [0.5, 0.6) is 0 Å². The third-order valence-electron chi connectivity index (χ3n) is 1.09. The minimum Gasteiger partial charge on any atom is -0.319 e. The minimum atomic E-state index is -0.273. The highest BCUT2D eigenvalue weighted by Gasteiger charge is 2.15. The Kier molecular flexibility index (Phi) is 3.54. The first kappa shape index (κ1) is 8.69. The van der Waals surface area contributed by atoms with Gasteiger partial charge in [-0.25, -0.2) is 0 Å². The molecule has 0 aromatic rings. The Morgan fingerprint density at radius 2 is 2.00 bits per heavy atom. The Labute approximate surface area is 58.5 Å². The van der Waals surface area contributed by atoms with Crippen LogP contribution in [-0.2, 0) is 4.79 Å². The first-order chi connectivity index (χ1) is 4.04. The summed E-state index contributed by atoms with van der Waals surface area (Å²) in [5.41, 5.74) is 0. The van der Waals surface area contributed by atoms with Gasteiger partial charge in [0.2, 0.25) is 5.91 Å². The van der Waals surface area contributed by atoms with Crippen LogP contribution in [0.1, 0.15) is 6.92 Å². The molecule has 0 fully saturated rings. The molecule has 0 aliphatic rings. The third kappa shape index (κ3) is 4.21. The van der Waals surface area contributed by atoms with Gasteiger partial charge in [-0.15, -0.1) is 0 Å². The predicted molar refractivity (Wildman–Crippen MR) is 40.8 cm³/mol. The van der Waals surface area contributed by atoms with Crippen LogP contribution in [0.25, 0.3) is 0 Å². The summed E-state index contributed by atoms with van der Waals surface area (Å²) in [7, 11) is 1.57. The number of carbonyl (C=O) groups is 1. The van der Waals surface area contributed by atoms with Crippen molar-refractivity contribution in [3.05, 3.63) is 0 Å². The van der Waals surface area contributed by atoms with E-state index in [2.05, 4.69) is 13.1 Å². The molecule has 0 aromatic carbocycles. The van der Waals surface area contributed by atoms with Crippen molar-refractivity contribution in [3.8, 4) is 0 Å². The summed E-state index contributed by atoms with van der Waals surface area (Å²) in [6, 6.07) is 0. The monoisotopic (exact) mass is 144 g/mol. The van der Waals surface area contributed by atoms with Crippen LogP contribution in [0.15, 0.2) is 0 Å². The van der Waals surface area contributed by atoms with Crippen molar-refractivity contribution in [2.24, 2.45) is 0 Å². The zero-order valence-electron chi connectivity index (χ0n) is 6.56. The van der Waals surface area contributed by atoms with E-state index < -0.39 is 0 Å². The molecule has 0 atom stereocenters. The molecule has 9 heavy (non-hydrogen) atoms. The van der Waals surface area contributed by atoms with Crippen molar-refractivity contribution in [2.45, 2.75) is 20.0 Å². The van der Waals surface area contributed by atoms with Gasteiger partial charge >= 0.3 is 8.80 Å². The highest BCUT2D eigenvalue weighted by atomic mass is 28.3. The van der Waals surface area contributed by atoms with Crippen molar-refractivity contribution in [1.29, 1.82) is 0 Å². The van der Waals surface area contributed by atoms with Crippen LogP contribution in [0.2, 0.25) is 13.1 Å². The highest BCUT2D eigenvalue weighted by molar-refractivity contribution is 6.56. The molecule has 0 aliphatic heterocycles. The van der Waals surface area contributed by atoms with Gasteiger partial charge in [0.15, 0.2) is 0 Å². The molecule has 52 valence electrons. The van der Waals surface area contributed by atoms with Crippen molar-refractivity contribution in [3.63, 3.8) is 0 Å². The van der Waals surface area contributed by atoms with Crippen LogP contribution in [0.4, 0.5) is 0 Å². The number of carbonyl (C=O) groups excluding carboxylic acids is 1. The van der Waals surface area contributed by atoms with Crippen LogP contribution in [0.3, 0.4) is 0 Å². The summed E-state index contributed by atoms with van der Waals surface area (Å²) in [5, 5.41) is 0. The minimum absolute atomic E-state index is 0.168. The molecule has 0 radical (unpaired) electrons. The first-order valence-corrected chi connectivity index (χ1v) is 5.75. The molecule has 0 saturated heterocycles. The molecule has 2 nitrogen and oxygen atoms in total. The van der Waals surface area contributed by atoms with E-state index in [1.807, 2.05) is 7.05 Å². The van der Waals surface area contributed by atoms with Crippen molar-refractivity contribution in [2.75, 3.05) is 13.2 Å². The van der Waals surface area contributed by atoms with E-state index in [0.29, 0.717) is 0 Å². The van der Waals surface area contributed by atoms with Crippen molar-refractivity contribution < 1.29 is 4.79 Å². The maximum atomic E-state index is 10.6. The summed E-state index contributed by atoms with van der Waals surface area (Å²) >= 11 is 0. The Balaban J connectivity index is 3.50. The molecule has 0 unspecified atom stereocenters. The normalized spacial score (nSPS) is 8.89. The zero-order chi connectivity index (χ0) is 7.44. The Morgan fingerprint density at radius 1 is 1.56 bits per heavy atom. The second-order valence-corrected chi connectivity index (χ2v) is 5.31. The first-order valence-electron chi connectivity index (χ1n) is 3.04. The topological polar surface area (TPSA) is 20.3 Å². The van der Waals surface area contributed by atoms with Gasteiger partial charge in [0.25, 0.3) is 0 Å². The van der Waals surface area contributed by atoms with Crippen molar-refractivity contribution >= 4 is 14.7 Å². The predicted octanol–water partition coefficient (Wildman–Crippen LogP) is 0.758. The highest BCUT2D eigenvalue weighted by Crippen LogP contribution is 1.86.